The van der Waals surface area contributed by atoms with Crippen molar-refractivity contribution in [2.24, 2.45) is 0 Å². The first kappa shape index (κ1) is 17.7. The van der Waals surface area contributed by atoms with Gasteiger partial charge in [0.05, 0.1) is 29.9 Å². The summed E-state index contributed by atoms with van der Waals surface area (Å²) in [6.07, 6.45) is 0.0974. The van der Waals surface area contributed by atoms with Crippen LogP contribution < -0.4 is 10.6 Å². The maximum absolute atomic E-state index is 12.2. The lowest BCUT2D eigenvalue weighted by Gasteiger charge is -2.42. The predicted octanol–water partition coefficient (Wildman–Crippen LogP) is 1.00. The number of carbonyl (C=O) groups excluding carboxylic acids is 2. The van der Waals surface area contributed by atoms with Crippen molar-refractivity contribution in [3.63, 3.8) is 0 Å². The van der Waals surface area contributed by atoms with E-state index in [1.54, 1.807) is 13.8 Å². The number of nitrogens with one attached hydrogen (secondary N) is 2. The van der Waals surface area contributed by atoms with Gasteiger partial charge in [0.2, 0.25) is 0 Å². The number of urea groups is 1. The van der Waals surface area contributed by atoms with Crippen LogP contribution >= 0.6 is 0 Å². The lowest BCUT2D eigenvalue weighted by Crippen LogP contribution is -2.55. The minimum absolute atomic E-state index is 0.0974. The highest BCUT2D eigenvalue weighted by Crippen LogP contribution is 2.23. The fraction of sp³-hybridized carbons (Fsp3) is 0.750. The molecule has 130 valence electrons. The summed E-state index contributed by atoms with van der Waals surface area (Å²) >= 11 is 0. The second-order valence-electron chi connectivity index (χ2n) is 6.79. The molecule has 0 unspecified atom stereocenters. The number of amides is 2. The third kappa shape index (κ3) is 4.45. The zero-order valence-corrected chi connectivity index (χ0v) is 14.6. The number of morpholine rings is 1. The van der Waals surface area contributed by atoms with Gasteiger partial charge in [0, 0.05) is 25.3 Å². The zero-order chi connectivity index (χ0) is 17.2. The van der Waals surface area contributed by atoms with Crippen molar-refractivity contribution in [2.75, 3.05) is 26.2 Å². The molecule has 1 saturated heterocycles. The van der Waals surface area contributed by atoms with Crippen molar-refractivity contribution >= 4 is 12.0 Å². The van der Waals surface area contributed by atoms with Crippen LogP contribution in [-0.2, 0) is 14.3 Å². The molecule has 0 aromatic rings. The summed E-state index contributed by atoms with van der Waals surface area (Å²) in [5, 5.41) is 5.48. The number of rotatable bonds is 4. The average Bonchev–Trinajstić information content (AvgIpc) is 2.35. The summed E-state index contributed by atoms with van der Waals surface area (Å²) in [5.74, 6) is -0.386. The number of hydrogen-bond donors (Lipinski definition) is 2. The van der Waals surface area contributed by atoms with E-state index in [0.717, 1.165) is 13.1 Å². The maximum atomic E-state index is 12.2. The molecule has 2 aliphatic heterocycles. The Morgan fingerprint density at radius 3 is 2.74 bits per heavy atom. The highest BCUT2D eigenvalue weighted by molar-refractivity contribution is 5.94. The summed E-state index contributed by atoms with van der Waals surface area (Å²) in [6, 6.07) is -0.662. The van der Waals surface area contributed by atoms with Gasteiger partial charge < -0.3 is 20.1 Å². The fourth-order valence-corrected chi connectivity index (χ4v) is 3.33. The standard InChI is InChI=1S/C16H27N3O4/c1-6-22-14(20)13-11(3)17-15(21)18-12(13)8-19-7-10(2)23-16(4,5)9-19/h10-11H,6-9H2,1-5H3,(H2,17,18,21)/t10-,11-/m0/s1. The Kier molecular flexibility index (Phi) is 5.31. The van der Waals surface area contributed by atoms with Crippen molar-refractivity contribution in [1.82, 2.24) is 15.5 Å². The van der Waals surface area contributed by atoms with Crippen molar-refractivity contribution < 1.29 is 19.1 Å². The van der Waals surface area contributed by atoms with Crippen molar-refractivity contribution in [2.45, 2.75) is 52.4 Å². The first-order valence-electron chi connectivity index (χ1n) is 8.09. The van der Waals surface area contributed by atoms with Gasteiger partial charge in [-0.1, -0.05) is 0 Å². The van der Waals surface area contributed by atoms with Crippen LogP contribution in [0.1, 0.15) is 34.6 Å². The smallest absolute Gasteiger partial charge is 0.337 e. The van der Waals surface area contributed by atoms with E-state index in [9.17, 15) is 9.59 Å². The third-order valence-corrected chi connectivity index (χ3v) is 3.89. The van der Waals surface area contributed by atoms with Crippen LogP contribution in [0.3, 0.4) is 0 Å². The van der Waals surface area contributed by atoms with Gasteiger partial charge in [-0.2, -0.15) is 0 Å². The normalized spacial score (nSPS) is 28.1. The molecule has 0 aliphatic carbocycles. The van der Waals surface area contributed by atoms with E-state index < -0.39 is 0 Å². The van der Waals surface area contributed by atoms with Gasteiger partial charge in [-0.3, -0.25) is 4.90 Å². The Balaban J connectivity index is 2.23. The molecular formula is C16H27N3O4. The van der Waals surface area contributed by atoms with Crippen LogP contribution in [0.5, 0.6) is 0 Å². The van der Waals surface area contributed by atoms with E-state index in [0.29, 0.717) is 24.4 Å². The second-order valence-corrected chi connectivity index (χ2v) is 6.79. The van der Waals surface area contributed by atoms with E-state index in [2.05, 4.69) is 15.5 Å². The van der Waals surface area contributed by atoms with Crippen LogP contribution in [0.2, 0.25) is 0 Å². The van der Waals surface area contributed by atoms with Gasteiger partial charge in [0.15, 0.2) is 0 Å². The molecule has 2 rings (SSSR count). The van der Waals surface area contributed by atoms with Gasteiger partial charge in [0.1, 0.15) is 0 Å². The SMILES string of the molecule is CCOC(=O)C1=C(CN2C[C@H](C)OC(C)(C)C2)NC(=O)N[C@H]1C. The molecule has 2 heterocycles. The summed E-state index contributed by atoms with van der Waals surface area (Å²) in [7, 11) is 0. The van der Waals surface area contributed by atoms with Gasteiger partial charge in [-0.15, -0.1) is 0 Å². The molecule has 2 amide bonds. The Labute approximate surface area is 137 Å². The first-order chi connectivity index (χ1) is 10.7. The molecule has 2 N–H and O–H groups in total. The molecule has 0 aromatic carbocycles. The van der Waals surface area contributed by atoms with Crippen LogP contribution in [-0.4, -0.2) is 60.9 Å². The molecule has 0 spiro atoms. The van der Waals surface area contributed by atoms with Gasteiger partial charge in [-0.05, 0) is 34.6 Å². The number of hydrogen-bond acceptors (Lipinski definition) is 5. The molecular weight excluding hydrogens is 298 g/mol. The lowest BCUT2D eigenvalue weighted by molar-refractivity contribution is -0.139. The quantitative estimate of drug-likeness (QED) is 0.754. The molecule has 2 atom stereocenters. The van der Waals surface area contributed by atoms with E-state index in [1.165, 1.54) is 0 Å². The highest BCUT2D eigenvalue weighted by atomic mass is 16.5. The fourth-order valence-electron chi connectivity index (χ4n) is 3.33. The molecule has 0 saturated carbocycles. The van der Waals surface area contributed by atoms with Crippen LogP contribution in [0.4, 0.5) is 4.79 Å². The Morgan fingerprint density at radius 1 is 1.43 bits per heavy atom. The summed E-state index contributed by atoms with van der Waals surface area (Å²) in [5.41, 5.74) is 0.846. The number of carbonyl (C=O) groups is 2. The first-order valence-corrected chi connectivity index (χ1v) is 8.09. The average molecular weight is 325 g/mol. The van der Waals surface area contributed by atoms with Crippen molar-refractivity contribution in [1.29, 1.82) is 0 Å². The molecule has 0 bridgehead atoms. The number of nitrogens with zero attached hydrogens (tertiary/aromatic N) is 1. The van der Waals surface area contributed by atoms with E-state index >= 15 is 0 Å². The van der Waals surface area contributed by atoms with Gasteiger partial charge in [0.25, 0.3) is 0 Å². The van der Waals surface area contributed by atoms with E-state index in [1.807, 2.05) is 20.8 Å². The van der Waals surface area contributed by atoms with Crippen LogP contribution in [0.15, 0.2) is 11.3 Å². The minimum Gasteiger partial charge on any atom is -0.463 e. The molecule has 23 heavy (non-hydrogen) atoms. The Bertz CT molecular complexity index is 515. The molecule has 0 radical (unpaired) electrons. The zero-order valence-electron chi connectivity index (χ0n) is 14.6. The summed E-state index contributed by atoms with van der Waals surface area (Å²) in [4.78, 5) is 26.2. The maximum Gasteiger partial charge on any atom is 0.337 e. The second kappa shape index (κ2) is 6.88. The highest BCUT2D eigenvalue weighted by Gasteiger charge is 2.35. The number of ether oxygens (including phenoxy) is 2. The minimum atomic E-state index is -0.386. The van der Waals surface area contributed by atoms with Gasteiger partial charge in [-0.25, -0.2) is 9.59 Å². The predicted molar refractivity (Wildman–Crippen MR) is 85.9 cm³/mol. The van der Waals surface area contributed by atoms with Crippen LogP contribution in [0.25, 0.3) is 0 Å². The van der Waals surface area contributed by atoms with Crippen LogP contribution in [0, 0.1) is 0 Å². The largest absolute Gasteiger partial charge is 0.463 e. The Morgan fingerprint density at radius 2 is 2.13 bits per heavy atom. The summed E-state index contributed by atoms with van der Waals surface area (Å²) < 4.78 is 11.0. The van der Waals surface area contributed by atoms with Gasteiger partial charge >= 0.3 is 12.0 Å². The van der Waals surface area contributed by atoms with E-state index in [-0.39, 0.29) is 29.7 Å². The molecule has 1 fully saturated rings. The van der Waals surface area contributed by atoms with Crippen molar-refractivity contribution in [3.05, 3.63) is 11.3 Å². The monoisotopic (exact) mass is 325 g/mol. The topological polar surface area (TPSA) is 79.9 Å². The third-order valence-electron chi connectivity index (χ3n) is 3.89. The van der Waals surface area contributed by atoms with Crippen molar-refractivity contribution in [3.8, 4) is 0 Å². The molecule has 7 heteroatoms. The summed E-state index contributed by atoms with van der Waals surface area (Å²) in [6.45, 7) is 11.9. The molecule has 2 aliphatic rings. The molecule has 7 nitrogen and oxygen atoms in total. The van der Waals surface area contributed by atoms with E-state index in [4.69, 9.17) is 9.47 Å². The molecule has 0 aromatic heterocycles. The Hall–Kier alpha value is -1.60. The lowest BCUT2D eigenvalue weighted by atomic mass is 10.0. The number of esters is 1.